The van der Waals surface area contributed by atoms with Crippen molar-refractivity contribution >= 4 is 40.4 Å². The number of non-ortho nitro benzene ring substituents is 1. The summed E-state index contributed by atoms with van der Waals surface area (Å²) in [6, 6.07) is 27.8. The number of para-hydroxylation sites is 2. The highest BCUT2D eigenvalue weighted by molar-refractivity contribution is 6.04. The lowest BCUT2D eigenvalue weighted by atomic mass is 10.1. The number of piperazine rings is 1. The third-order valence-electron chi connectivity index (χ3n) is 7.18. The summed E-state index contributed by atoms with van der Waals surface area (Å²) in [6.45, 7) is 3.21. The van der Waals surface area contributed by atoms with Crippen LogP contribution in [0.5, 0.6) is 5.75 Å². The number of benzene rings is 4. The molecule has 11 nitrogen and oxygen atoms in total. The van der Waals surface area contributed by atoms with Gasteiger partial charge in [-0.1, -0.05) is 42.5 Å². The Balaban J connectivity index is 1.32. The highest BCUT2D eigenvalue weighted by atomic mass is 16.6. The molecule has 0 bridgehead atoms. The topological polar surface area (TPSA) is 129 Å². The fourth-order valence-electron chi connectivity index (χ4n) is 4.98. The van der Waals surface area contributed by atoms with Gasteiger partial charge in [-0.2, -0.15) is 0 Å². The van der Waals surface area contributed by atoms with E-state index in [4.69, 9.17) is 4.74 Å². The first-order valence-electron chi connectivity index (χ1n) is 13.8. The second kappa shape index (κ2) is 13.4. The van der Waals surface area contributed by atoms with Crippen molar-refractivity contribution < 1.29 is 19.2 Å². The highest BCUT2D eigenvalue weighted by Gasteiger charge is 2.24. The van der Waals surface area contributed by atoms with Crippen LogP contribution in [0.2, 0.25) is 0 Å². The second-order valence-electron chi connectivity index (χ2n) is 9.93. The lowest BCUT2D eigenvalue weighted by molar-refractivity contribution is -0.384. The molecule has 0 unspecified atom stereocenters. The Bertz CT molecular complexity index is 1590. The van der Waals surface area contributed by atoms with Crippen LogP contribution in [-0.2, 0) is 6.54 Å². The van der Waals surface area contributed by atoms with E-state index in [9.17, 15) is 19.7 Å². The van der Waals surface area contributed by atoms with Gasteiger partial charge in [0.2, 0.25) is 0 Å². The van der Waals surface area contributed by atoms with Crippen molar-refractivity contribution in [2.45, 2.75) is 6.54 Å². The van der Waals surface area contributed by atoms with E-state index in [1.54, 1.807) is 19.2 Å². The summed E-state index contributed by atoms with van der Waals surface area (Å²) in [5.41, 5.74) is 3.97. The molecule has 1 aliphatic rings. The molecular weight excluding hydrogens is 548 g/mol. The summed E-state index contributed by atoms with van der Waals surface area (Å²) in [4.78, 5) is 41.1. The molecule has 0 spiro atoms. The van der Waals surface area contributed by atoms with E-state index in [-0.39, 0.29) is 11.6 Å². The van der Waals surface area contributed by atoms with E-state index in [0.29, 0.717) is 36.6 Å². The molecule has 11 heteroatoms. The number of nitrogens with zero attached hydrogens (tertiary/aromatic N) is 3. The van der Waals surface area contributed by atoms with Crippen LogP contribution in [-0.4, -0.2) is 50.2 Å². The number of urea groups is 1. The SMILES string of the molecule is COc1ccccc1N1CCN(c2ccc(NC(=O)Nc3ccc([N+](=O)[O-])cc3)cc2C(=O)NCc2ccccc2)CC1. The quantitative estimate of drug-likeness (QED) is 0.176. The van der Waals surface area contributed by atoms with E-state index in [1.165, 1.54) is 24.3 Å². The van der Waals surface area contributed by atoms with Gasteiger partial charge in [0, 0.05) is 61.9 Å². The first kappa shape index (κ1) is 28.9. The molecule has 0 aromatic heterocycles. The minimum Gasteiger partial charge on any atom is -0.495 e. The van der Waals surface area contributed by atoms with Crippen LogP contribution in [0.25, 0.3) is 0 Å². The molecule has 0 aliphatic carbocycles. The van der Waals surface area contributed by atoms with E-state index < -0.39 is 11.0 Å². The largest absolute Gasteiger partial charge is 0.495 e. The van der Waals surface area contributed by atoms with E-state index >= 15 is 0 Å². The zero-order chi connectivity index (χ0) is 30.2. The predicted molar refractivity (Wildman–Crippen MR) is 167 cm³/mol. The number of nitro groups is 1. The standard InChI is InChI=1S/C32H32N6O5/c1-43-30-10-6-5-9-29(30)37-19-17-36(18-20-37)28-16-13-25(21-27(28)31(39)33-22-23-7-3-2-4-8-23)35-32(40)34-24-11-14-26(15-12-24)38(41)42/h2-16,21H,17-20,22H2,1H3,(H,33,39)(H2,34,35,40). The lowest BCUT2D eigenvalue weighted by Crippen LogP contribution is -2.47. The third-order valence-corrected chi connectivity index (χ3v) is 7.18. The molecular formula is C32H32N6O5. The average Bonchev–Trinajstić information content (AvgIpc) is 3.04. The van der Waals surface area contributed by atoms with Gasteiger partial charge >= 0.3 is 6.03 Å². The van der Waals surface area contributed by atoms with Crippen LogP contribution in [0.3, 0.4) is 0 Å². The van der Waals surface area contributed by atoms with Crippen molar-refractivity contribution in [3.63, 3.8) is 0 Å². The third kappa shape index (κ3) is 7.20. The molecule has 4 aromatic carbocycles. The number of hydrogen-bond donors (Lipinski definition) is 3. The van der Waals surface area contributed by atoms with Crippen molar-refractivity contribution in [1.82, 2.24) is 5.32 Å². The number of nitrogens with one attached hydrogen (secondary N) is 3. The number of carbonyl (C=O) groups is 2. The number of ether oxygens (including phenoxy) is 1. The van der Waals surface area contributed by atoms with Crippen molar-refractivity contribution in [3.8, 4) is 5.75 Å². The maximum atomic E-state index is 13.5. The van der Waals surface area contributed by atoms with Gasteiger partial charge in [-0.15, -0.1) is 0 Å². The summed E-state index contributed by atoms with van der Waals surface area (Å²) in [6.07, 6.45) is 0. The Hall–Kier alpha value is -5.58. The number of rotatable bonds is 9. The molecule has 1 heterocycles. The van der Waals surface area contributed by atoms with Gasteiger partial charge in [-0.25, -0.2) is 4.79 Å². The normalized spacial score (nSPS) is 12.8. The fraction of sp³-hybridized carbons (Fsp3) is 0.188. The fourth-order valence-corrected chi connectivity index (χ4v) is 4.98. The number of hydrogen-bond acceptors (Lipinski definition) is 7. The van der Waals surface area contributed by atoms with E-state index in [1.807, 2.05) is 60.7 Å². The highest BCUT2D eigenvalue weighted by Crippen LogP contribution is 2.31. The van der Waals surface area contributed by atoms with Crippen LogP contribution >= 0.6 is 0 Å². The monoisotopic (exact) mass is 580 g/mol. The molecule has 0 radical (unpaired) electrons. The van der Waals surface area contributed by atoms with Gasteiger partial charge in [0.1, 0.15) is 5.75 Å². The van der Waals surface area contributed by atoms with Crippen molar-refractivity contribution in [3.05, 3.63) is 118 Å². The van der Waals surface area contributed by atoms with E-state index in [2.05, 4.69) is 25.8 Å². The number of methoxy groups -OCH3 is 1. The molecule has 1 aliphatic heterocycles. The molecule has 220 valence electrons. The van der Waals surface area contributed by atoms with E-state index in [0.717, 1.165) is 35.8 Å². The molecule has 3 amide bonds. The maximum absolute atomic E-state index is 13.5. The Morgan fingerprint density at radius 3 is 2.07 bits per heavy atom. The van der Waals surface area contributed by atoms with Gasteiger partial charge in [0.25, 0.3) is 11.6 Å². The molecule has 3 N–H and O–H groups in total. The summed E-state index contributed by atoms with van der Waals surface area (Å²) < 4.78 is 5.55. The Labute approximate surface area is 249 Å². The Morgan fingerprint density at radius 2 is 1.40 bits per heavy atom. The van der Waals surface area contributed by atoms with Gasteiger partial charge < -0.3 is 30.5 Å². The summed E-state index contributed by atoms with van der Waals surface area (Å²) in [7, 11) is 1.66. The zero-order valence-corrected chi connectivity index (χ0v) is 23.7. The van der Waals surface area contributed by atoms with Gasteiger partial charge in [-0.05, 0) is 48.0 Å². The predicted octanol–water partition coefficient (Wildman–Crippen LogP) is 5.50. The lowest BCUT2D eigenvalue weighted by Gasteiger charge is -2.38. The second-order valence-corrected chi connectivity index (χ2v) is 9.93. The maximum Gasteiger partial charge on any atom is 0.323 e. The first-order chi connectivity index (χ1) is 20.9. The molecule has 5 rings (SSSR count). The van der Waals surface area contributed by atoms with Gasteiger partial charge in [0.15, 0.2) is 0 Å². The van der Waals surface area contributed by atoms with Crippen LogP contribution in [0, 0.1) is 10.1 Å². The minimum atomic E-state index is -0.539. The minimum absolute atomic E-state index is 0.0727. The van der Waals surface area contributed by atoms with Crippen LogP contribution in [0.15, 0.2) is 97.1 Å². The number of anilines is 4. The molecule has 4 aromatic rings. The molecule has 0 atom stereocenters. The van der Waals surface area contributed by atoms with Crippen LogP contribution in [0.4, 0.5) is 33.2 Å². The molecule has 43 heavy (non-hydrogen) atoms. The van der Waals surface area contributed by atoms with Crippen LogP contribution in [0.1, 0.15) is 15.9 Å². The van der Waals surface area contributed by atoms with Crippen molar-refractivity contribution in [1.29, 1.82) is 0 Å². The number of carbonyl (C=O) groups excluding carboxylic acids is 2. The molecule has 1 saturated heterocycles. The summed E-state index contributed by atoms with van der Waals surface area (Å²) >= 11 is 0. The Kier molecular flexibility index (Phi) is 9.01. The van der Waals surface area contributed by atoms with Crippen molar-refractivity contribution in [2.24, 2.45) is 0 Å². The first-order valence-corrected chi connectivity index (χ1v) is 13.8. The number of nitro benzene ring substituents is 1. The smallest absolute Gasteiger partial charge is 0.323 e. The molecule has 0 saturated carbocycles. The Morgan fingerprint density at radius 1 is 0.791 bits per heavy atom. The van der Waals surface area contributed by atoms with Crippen LogP contribution < -0.4 is 30.5 Å². The van der Waals surface area contributed by atoms with Gasteiger partial charge in [-0.3, -0.25) is 14.9 Å². The summed E-state index contributed by atoms with van der Waals surface area (Å²) in [5, 5.41) is 19.3. The number of amides is 3. The average molecular weight is 581 g/mol. The van der Waals surface area contributed by atoms with Gasteiger partial charge in [0.05, 0.1) is 23.3 Å². The zero-order valence-electron chi connectivity index (χ0n) is 23.7. The summed E-state index contributed by atoms with van der Waals surface area (Å²) in [5.74, 6) is 0.560. The molecule has 1 fully saturated rings. The van der Waals surface area contributed by atoms with Crippen molar-refractivity contribution in [2.75, 3.05) is 53.7 Å².